The van der Waals surface area contributed by atoms with Crippen molar-refractivity contribution in [3.05, 3.63) is 0 Å². The highest BCUT2D eigenvalue weighted by Crippen LogP contribution is 2.01. The van der Waals surface area contributed by atoms with Gasteiger partial charge in [0, 0.05) is 0 Å². The molecule has 0 aromatic carbocycles. The van der Waals surface area contributed by atoms with Crippen molar-refractivity contribution in [2.45, 2.75) is 31.5 Å². The van der Waals surface area contributed by atoms with E-state index >= 15 is 0 Å². The maximum atomic E-state index is 12.1. The molecule has 0 heterocycles. The Kier molecular flexibility index (Phi) is 10.8. The maximum Gasteiger partial charge on any atom is 0.328 e. The summed E-state index contributed by atoms with van der Waals surface area (Å²) in [5.74, 6) is -2.63. The van der Waals surface area contributed by atoms with Crippen molar-refractivity contribution in [3.8, 4) is 0 Å². The summed E-state index contributed by atoms with van der Waals surface area (Å²) in [4.78, 5) is 46.0. The van der Waals surface area contributed by atoms with Crippen molar-refractivity contribution in [2.75, 3.05) is 25.2 Å². The third kappa shape index (κ3) is 8.70. The van der Waals surface area contributed by atoms with Gasteiger partial charge in [0.05, 0.1) is 19.2 Å². The third-order valence-corrected chi connectivity index (χ3v) is 3.54. The molecule has 0 spiro atoms. The van der Waals surface area contributed by atoms with Crippen LogP contribution in [0.2, 0.25) is 0 Å². The fourth-order valence-corrected chi connectivity index (χ4v) is 2.00. The molecule has 0 aliphatic carbocycles. The fraction of sp³-hybridized carbons (Fsp3) is 0.692. The zero-order valence-corrected chi connectivity index (χ0v) is 14.4. The Balaban J connectivity index is 4.56. The molecule has 0 aromatic rings. The summed E-state index contributed by atoms with van der Waals surface area (Å²) in [6, 6.07) is -3.07. The smallest absolute Gasteiger partial charge is 0.328 e. The number of aliphatic hydroxyl groups is 1. The van der Waals surface area contributed by atoms with Crippen LogP contribution >= 0.6 is 11.8 Å². The molecule has 0 aliphatic heterocycles. The van der Waals surface area contributed by atoms with Gasteiger partial charge in [0.25, 0.3) is 0 Å². The molecule has 11 heteroatoms. The van der Waals surface area contributed by atoms with Crippen LogP contribution in [-0.2, 0) is 19.2 Å². The van der Waals surface area contributed by atoms with E-state index in [1.165, 1.54) is 18.7 Å². The molecule has 0 saturated carbocycles. The Morgan fingerprint density at radius 1 is 1.12 bits per heavy atom. The highest BCUT2D eigenvalue weighted by Gasteiger charge is 2.23. The molecule has 0 rings (SSSR count). The van der Waals surface area contributed by atoms with E-state index in [2.05, 4.69) is 10.6 Å². The maximum absolute atomic E-state index is 12.1. The third-order valence-electron chi connectivity index (χ3n) is 2.90. The molecule has 0 saturated heterocycles. The van der Waals surface area contributed by atoms with Crippen LogP contribution in [0.4, 0.5) is 0 Å². The van der Waals surface area contributed by atoms with Gasteiger partial charge in [-0.1, -0.05) is 0 Å². The predicted molar refractivity (Wildman–Crippen MR) is 88.2 cm³/mol. The monoisotopic (exact) mass is 364 g/mol. The van der Waals surface area contributed by atoms with Crippen LogP contribution < -0.4 is 21.7 Å². The number of aliphatic carboxylic acids is 1. The fourth-order valence-electron chi connectivity index (χ4n) is 1.53. The molecule has 0 bridgehead atoms. The standard InChI is InChI=1S/C13H24N4O6S/c1-7(14)11(20)17-8(3-4-24-2)12(21)15-5-10(19)16-9(6-18)13(22)23/h7-9,18H,3-6,14H2,1-2H3,(H,15,21)(H,16,19)(H,17,20)(H,22,23). The number of rotatable bonds is 11. The van der Waals surface area contributed by atoms with Crippen molar-refractivity contribution >= 4 is 35.5 Å². The van der Waals surface area contributed by atoms with Gasteiger partial charge in [-0.2, -0.15) is 11.8 Å². The second-order valence-corrected chi connectivity index (χ2v) is 5.98. The summed E-state index contributed by atoms with van der Waals surface area (Å²) in [6.07, 6.45) is 2.19. The van der Waals surface area contributed by atoms with Gasteiger partial charge in [-0.15, -0.1) is 0 Å². The van der Waals surface area contributed by atoms with Crippen molar-refractivity contribution < 1.29 is 29.4 Å². The van der Waals surface area contributed by atoms with Crippen LogP contribution in [0.1, 0.15) is 13.3 Å². The van der Waals surface area contributed by atoms with Crippen molar-refractivity contribution in [2.24, 2.45) is 5.73 Å². The van der Waals surface area contributed by atoms with E-state index in [9.17, 15) is 19.2 Å². The predicted octanol–water partition coefficient (Wildman–Crippen LogP) is -2.75. The minimum Gasteiger partial charge on any atom is -0.480 e. The first-order valence-corrected chi connectivity index (χ1v) is 8.57. The summed E-state index contributed by atoms with van der Waals surface area (Å²) in [7, 11) is 0. The lowest BCUT2D eigenvalue weighted by Gasteiger charge is -2.19. The first-order valence-electron chi connectivity index (χ1n) is 7.18. The first kappa shape index (κ1) is 22.1. The van der Waals surface area contributed by atoms with E-state index < -0.39 is 55.0 Å². The van der Waals surface area contributed by atoms with E-state index in [1.54, 1.807) is 0 Å². The van der Waals surface area contributed by atoms with E-state index in [0.717, 1.165) is 0 Å². The molecule has 3 unspecified atom stereocenters. The van der Waals surface area contributed by atoms with Gasteiger partial charge in [0.1, 0.15) is 12.1 Å². The molecule has 3 amide bonds. The van der Waals surface area contributed by atoms with E-state index in [-0.39, 0.29) is 0 Å². The summed E-state index contributed by atoms with van der Waals surface area (Å²) < 4.78 is 0. The first-order chi connectivity index (χ1) is 11.2. The number of carbonyl (C=O) groups is 4. The summed E-state index contributed by atoms with van der Waals surface area (Å²) in [5, 5.41) is 24.4. The normalized spacial score (nSPS) is 14.2. The number of carboxylic acids is 1. The van der Waals surface area contributed by atoms with Gasteiger partial charge in [-0.25, -0.2) is 4.79 Å². The van der Waals surface area contributed by atoms with Crippen LogP contribution in [0.15, 0.2) is 0 Å². The van der Waals surface area contributed by atoms with E-state index in [4.69, 9.17) is 15.9 Å². The van der Waals surface area contributed by atoms with Gasteiger partial charge in [-0.3, -0.25) is 14.4 Å². The number of hydrogen-bond acceptors (Lipinski definition) is 7. The molecule has 24 heavy (non-hydrogen) atoms. The van der Waals surface area contributed by atoms with Gasteiger partial charge in [-0.05, 0) is 25.4 Å². The molecule has 0 aliphatic rings. The quantitative estimate of drug-likeness (QED) is 0.229. The summed E-state index contributed by atoms with van der Waals surface area (Å²) >= 11 is 1.49. The van der Waals surface area contributed by atoms with Crippen LogP contribution in [0.5, 0.6) is 0 Å². The Bertz CT molecular complexity index is 460. The van der Waals surface area contributed by atoms with E-state index in [0.29, 0.717) is 12.2 Å². The number of aliphatic hydroxyl groups excluding tert-OH is 1. The number of hydrogen-bond donors (Lipinski definition) is 6. The zero-order chi connectivity index (χ0) is 18.7. The average Bonchev–Trinajstić information content (AvgIpc) is 2.53. The Morgan fingerprint density at radius 2 is 1.75 bits per heavy atom. The number of amides is 3. The van der Waals surface area contributed by atoms with Gasteiger partial charge >= 0.3 is 5.97 Å². The molecule has 3 atom stereocenters. The number of carbonyl (C=O) groups excluding carboxylic acids is 3. The molecule has 138 valence electrons. The Morgan fingerprint density at radius 3 is 2.21 bits per heavy atom. The highest BCUT2D eigenvalue weighted by atomic mass is 32.2. The van der Waals surface area contributed by atoms with Crippen LogP contribution in [0, 0.1) is 0 Å². The molecule has 0 fully saturated rings. The second-order valence-electron chi connectivity index (χ2n) is 4.99. The highest BCUT2D eigenvalue weighted by molar-refractivity contribution is 7.98. The van der Waals surface area contributed by atoms with Crippen LogP contribution in [0.25, 0.3) is 0 Å². The van der Waals surface area contributed by atoms with Gasteiger partial charge in [0.2, 0.25) is 17.7 Å². The number of nitrogens with two attached hydrogens (primary N) is 1. The second kappa shape index (κ2) is 11.6. The van der Waals surface area contributed by atoms with Gasteiger partial charge < -0.3 is 31.9 Å². The Hall–Kier alpha value is -1.85. The largest absolute Gasteiger partial charge is 0.480 e. The average molecular weight is 364 g/mol. The van der Waals surface area contributed by atoms with Crippen molar-refractivity contribution in [3.63, 3.8) is 0 Å². The topological polar surface area (TPSA) is 171 Å². The lowest BCUT2D eigenvalue weighted by atomic mass is 10.2. The van der Waals surface area contributed by atoms with E-state index in [1.807, 2.05) is 11.6 Å². The Labute approximate surface area is 143 Å². The molecular weight excluding hydrogens is 340 g/mol. The SMILES string of the molecule is CSCCC(NC(=O)C(C)N)C(=O)NCC(=O)NC(CO)C(=O)O. The van der Waals surface area contributed by atoms with Gasteiger partial charge in [0.15, 0.2) is 0 Å². The molecule has 7 N–H and O–H groups in total. The van der Waals surface area contributed by atoms with Crippen molar-refractivity contribution in [1.29, 1.82) is 0 Å². The van der Waals surface area contributed by atoms with Crippen LogP contribution in [0.3, 0.4) is 0 Å². The van der Waals surface area contributed by atoms with Crippen molar-refractivity contribution in [1.82, 2.24) is 16.0 Å². The minimum atomic E-state index is -1.44. The minimum absolute atomic E-state index is 0.349. The molecule has 0 aromatic heterocycles. The zero-order valence-electron chi connectivity index (χ0n) is 13.6. The lowest BCUT2D eigenvalue weighted by molar-refractivity contribution is -0.142. The number of carboxylic acid groups (broad SMARTS) is 1. The number of thioether (sulfide) groups is 1. The lowest BCUT2D eigenvalue weighted by Crippen LogP contribution is -2.53. The molecule has 10 nitrogen and oxygen atoms in total. The molecule has 0 radical (unpaired) electrons. The molecular formula is C13H24N4O6S. The summed E-state index contributed by atoms with van der Waals surface area (Å²) in [6.45, 7) is 0.232. The van der Waals surface area contributed by atoms with Crippen LogP contribution in [-0.4, -0.2) is 77.2 Å². The number of nitrogens with one attached hydrogen (secondary N) is 3. The summed E-state index contributed by atoms with van der Waals surface area (Å²) in [5.41, 5.74) is 5.44.